The summed E-state index contributed by atoms with van der Waals surface area (Å²) < 4.78 is 0. The van der Waals surface area contributed by atoms with Gasteiger partial charge in [0.1, 0.15) is 5.78 Å². The van der Waals surface area contributed by atoms with Crippen LogP contribution in [0.25, 0.3) is 0 Å². The highest BCUT2D eigenvalue weighted by Crippen LogP contribution is 2.57. The Kier molecular flexibility index (Phi) is 0.781. The van der Waals surface area contributed by atoms with E-state index in [1.165, 1.54) is 25.7 Å². The number of carbonyl (C=O) groups is 1. The molecule has 0 saturated heterocycles. The van der Waals surface area contributed by atoms with E-state index in [0.29, 0.717) is 17.6 Å². The van der Waals surface area contributed by atoms with Gasteiger partial charge in [-0.25, -0.2) is 0 Å². The number of hydrogen-bond acceptors (Lipinski definition) is 1. The molecule has 54 valence electrons. The van der Waals surface area contributed by atoms with Crippen LogP contribution < -0.4 is 0 Å². The Morgan fingerprint density at radius 2 is 2.10 bits per heavy atom. The van der Waals surface area contributed by atoms with E-state index in [2.05, 4.69) is 0 Å². The van der Waals surface area contributed by atoms with Crippen molar-refractivity contribution in [1.82, 2.24) is 0 Å². The molecule has 1 nitrogen and oxygen atoms in total. The van der Waals surface area contributed by atoms with Gasteiger partial charge in [0.25, 0.3) is 0 Å². The lowest BCUT2D eigenvalue weighted by Gasteiger charge is -2.15. The Labute approximate surface area is 60.8 Å². The second-order valence-corrected chi connectivity index (χ2v) is 4.18. The first-order valence-corrected chi connectivity index (χ1v) is 4.40. The zero-order valence-electron chi connectivity index (χ0n) is 6.05. The molecular formula is C9H12O. The van der Waals surface area contributed by atoms with Crippen LogP contribution in [0.3, 0.4) is 0 Å². The lowest BCUT2D eigenvalue weighted by atomic mass is 9.88. The maximum absolute atomic E-state index is 11.4. The van der Waals surface area contributed by atoms with Gasteiger partial charge in [0.2, 0.25) is 0 Å². The number of hydrogen-bond donors (Lipinski definition) is 0. The molecule has 4 atom stereocenters. The molecule has 4 unspecified atom stereocenters. The Balaban J connectivity index is 2.08. The summed E-state index contributed by atoms with van der Waals surface area (Å²) in [6, 6.07) is 0. The summed E-state index contributed by atoms with van der Waals surface area (Å²) in [4.78, 5) is 11.4. The first-order chi connectivity index (χ1) is 4.86. The molecule has 3 rings (SSSR count). The van der Waals surface area contributed by atoms with E-state index in [-0.39, 0.29) is 0 Å². The van der Waals surface area contributed by atoms with Gasteiger partial charge in [-0.1, -0.05) is 0 Å². The van der Waals surface area contributed by atoms with E-state index in [0.717, 1.165) is 11.8 Å². The van der Waals surface area contributed by atoms with Crippen molar-refractivity contribution in [3.63, 3.8) is 0 Å². The molecule has 1 heteroatoms. The number of fused-ring (bicyclic) bond motifs is 1. The number of rotatable bonds is 0. The predicted octanol–water partition coefficient (Wildman–Crippen LogP) is 1.62. The molecular weight excluding hydrogens is 124 g/mol. The molecule has 0 heterocycles. The molecule has 10 heavy (non-hydrogen) atoms. The summed E-state index contributed by atoms with van der Waals surface area (Å²) in [6.45, 7) is 0. The van der Waals surface area contributed by atoms with E-state index in [1.807, 2.05) is 0 Å². The molecule has 0 aromatic carbocycles. The minimum absolute atomic E-state index is 0.516. The van der Waals surface area contributed by atoms with Gasteiger partial charge in [0.15, 0.2) is 0 Å². The number of ketones is 1. The van der Waals surface area contributed by atoms with Gasteiger partial charge in [-0.2, -0.15) is 0 Å². The van der Waals surface area contributed by atoms with Gasteiger partial charge in [-0.05, 0) is 37.5 Å². The van der Waals surface area contributed by atoms with Crippen molar-refractivity contribution in [2.75, 3.05) is 0 Å². The minimum Gasteiger partial charge on any atom is -0.299 e. The zero-order valence-corrected chi connectivity index (χ0v) is 6.05. The largest absolute Gasteiger partial charge is 0.299 e. The Bertz CT molecular complexity index is 195. The van der Waals surface area contributed by atoms with Crippen LogP contribution in [0, 0.1) is 23.7 Å². The van der Waals surface area contributed by atoms with Crippen LogP contribution in [0.2, 0.25) is 0 Å². The van der Waals surface area contributed by atoms with Crippen molar-refractivity contribution in [1.29, 1.82) is 0 Å². The second-order valence-electron chi connectivity index (χ2n) is 4.18. The Hall–Kier alpha value is -0.330. The van der Waals surface area contributed by atoms with Crippen molar-refractivity contribution in [2.45, 2.75) is 25.7 Å². The lowest BCUT2D eigenvalue weighted by Crippen LogP contribution is -2.20. The van der Waals surface area contributed by atoms with Crippen molar-refractivity contribution in [2.24, 2.45) is 23.7 Å². The average molecular weight is 136 g/mol. The summed E-state index contributed by atoms with van der Waals surface area (Å²) in [6.07, 6.45) is 5.09. The van der Waals surface area contributed by atoms with Crippen molar-refractivity contribution in [3.05, 3.63) is 0 Å². The highest BCUT2D eigenvalue weighted by molar-refractivity contribution is 5.87. The molecule has 0 N–H and O–H groups in total. The monoisotopic (exact) mass is 136 g/mol. The van der Waals surface area contributed by atoms with Crippen LogP contribution >= 0.6 is 0 Å². The van der Waals surface area contributed by atoms with E-state index in [9.17, 15) is 4.79 Å². The topological polar surface area (TPSA) is 17.1 Å². The van der Waals surface area contributed by atoms with Gasteiger partial charge >= 0.3 is 0 Å². The van der Waals surface area contributed by atoms with Crippen molar-refractivity contribution >= 4 is 5.78 Å². The molecule has 3 saturated carbocycles. The maximum atomic E-state index is 11.4. The first kappa shape index (κ1) is 5.34. The average Bonchev–Trinajstić information content (AvgIpc) is 2.43. The molecule has 2 bridgehead atoms. The standard InChI is InChI=1S/C9H12O/c10-9-6-3-5-1-2-7(9)8(5)4-6/h5-8H,1-4H2. The number of Topliss-reactive ketones (excluding diaryl/α,β-unsaturated/α-hetero) is 1. The van der Waals surface area contributed by atoms with Crippen LogP contribution in [0.1, 0.15) is 25.7 Å². The third kappa shape index (κ3) is 0.415. The molecule has 3 fully saturated rings. The fraction of sp³-hybridized carbons (Fsp3) is 0.889. The van der Waals surface area contributed by atoms with E-state index < -0.39 is 0 Å². The van der Waals surface area contributed by atoms with Crippen LogP contribution in [0.15, 0.2) is 0 Å². The van der Waals surface area contributed by atoms with Gasteiger partial charge in [0, 0.05) is 11.8 Å². The smallest absolute Gasteiger partial charge is 0.139 e. The Morgan fingerprint density at radius 3 is 2.80 bits per heavy atom. The number of carbonyl (C=O) groups excluding carboxylic acids is 1. The molecule has 0 aromatic heterocycles. The third-order valence-electron chi connectivity index (χ3n) is 3.88. The third-order valence-corrected chi connectivity index (χ3v) is 3.88. The summed E-state index contributed by atoms with van der Waals surface area (Å²) in [5.41, 5.74) is 0. The SMILES string of the molecule is O=C1C2CC3CCC1C3C2. The van der Waals surface area contributed by atoms with Gasteiger partial charge < -0.3 is 0 Å². The Morgan fingerprint density at radius 1 is 1.20 bits per heavy atom. The second kappa shape index (κ2) is 1.46. The molecule has 3 aliphatic carbocycles. The van der Waals surface area contributed by atoms with E-state index >= 15 is 0 Å². The summed E-state index contributed by atoms with van der Waals surface area (Å²) in [5.74, 6) is 3.48. The predicted molar refractivity (Wildman–Crippen MR) is 37.4 cm³/mol. The minimum atomic E-state index is 0.516. The van der Waals surface area contributed by atoms with Crippen molar-refractivity contribution in [3.8, 4) is 0 Å². The van der Waals surface area contributed by atoms with Crippen LogP contribution in [0.4, 0.5) is 0 Å². The highest BCUT2D eigenvalue weighted by atomic mass is 16.1. The fourth-order valence-electron chi connectivity index (χ4n) is 3.48. The van der Waals surface area contributed by atoms with E-state index in [4.69, 9.17) is 0 Å². The molecule has 0 aromatic rings. The molecule has 0 amide bonds. The molecule has 3 aliphatic rings. The first-order valence-electron chi connectivity index (χ1n) is 4.40. The summed E-state index contributed by atoms with van der Waals surface area (Å²) in [5, 5.41) is 0. The van der Waals surface area contributed by atoms with Crippen LogP contribution in [-0.4, -0.2) is 5.78 Å². The molecule has 0 radical (unpaired) electrons. The summed E-state index contributed by atoms with van der Waals surface area (Å²) in [7, 11) is 0. The van der Waals surface area contributed by atoms with Crippen molar-refractivity contribution < 1.29 is 4.79 Å². The fourth-order valence-corrected chi connectivity index (χ4v) is 3.48. The molecule has 0 aliphatic heterocycles. The molecule has 0 spiro atoms. The highest BCUT2D eigenvalue weighted by Gasteiger charge is 2.55. The maximum Gasteiger partial charge on any atom is 0.139 e. The van der Waals surface area contributed by atoms with Gasteiger partial charge in [-0.3, -0.25) is 4.79 Å². The van der Waals surface area contributed by atoms with Crippen LogP contribution in [0.5, 0.6) is 0 Å². The lowest BCUT2D eigenvalue weighted by molar-refractivity contribution is -0.125. The van der Waals surface area contributed by atoms with Gasteiger partial charge in [-0.15, -0.1) is 0 Å². The quantitative estimate of drug-likeness (QED) is 0.494. The zero-order chi connectivity index (χ0) is 6.72. The van der Waals surface area contributed by atoms with Gasteiger partial charge in [0.05, 0.1) is 0 Å². The normalized spacial score (nSPS) is 56.6. The van der Waals surface area contributed by atoms with Crippen LogP contribution in [-0.2, 0) is 4.79 Å². The van der Waals surface area contributed by atoms with E-state index in [1.54, 1.807) is 0 Å². The summed E-state index contributed by atoms with van der Waals surface area (Å²) >= 11 is 0.